The Labute approximate surface area is 108 Å². The van der Waals surface area contributed by atoms with Gasteiger partial charge in [0.25, 0.3) is 0 Å². The van der Waals surface area contributed by atoms with Crippen LogP contribution in [0.3, 0.4) is 0 Å². The molecule has 5 heteroatoms. The van der Waals surface area contributed by atoms with E-state index in [1.54, 1.807) is 0 Å². The fourth-order valence-corrected chi connectivity index (χ4v) is 2.39. The van der Waals surface area contributed by atoms with Gasteiger partial charge in [-0.1, -0.05) is 33.1 Å². The van der Waals surface area contributed by atoms with E-state index in [0.29, 0.717) is 12.8 Å². The number of amides is 2. The highest BCUT2D eigenvalue weighted by atomic mass is 16.2. The fraction of sp³-hybridized carbons (Fsp3) is 0.769. The van der Waals surface area contributed by atoms with Crippen LogP contribution in [0.25, 0.3) is 0 Å². The highest BCUT2D eigenvalue weighted by Gasteiger charge is 2.41. The predicted molar refractivity (Wildman–Crippen MR) is 67.1 cm³/mol. The molecule has 1 fully saturated rings. The lowest BCUT2D eigenvalue weighted by atomic mass is 9.74. The number of rotatable bonds is 4. The summed E-state index contributed by atoms with van der Waals surface area (Å²) in [5.41, 5.74) is 4.29. The number of nitriles is 1. The van der Waals surface area contributed by atoms with E-state index in [1.807, 2.05) is 13.8 Å². The summed E-state index contributed by atoms with van der Waals surface area (Å²) in [5.74, 6) is -0.977. The summed E-state index contributed by atoms with van der Waals surface area (Å²) in [4.78, 5) is 23.5. The van der Waals surface area contributed by atoms with Gasteiger partial charge in [-0.3, -0.25) is 9.59 Å². The van der Waals surface area contributed by atoms with Crippen molar-refractivity contribution >= 4 is 11.8 Å². The van der Waals surface area contributed by atoms with E-state index in [-0.39, 0.29) is 11.8 Å². The van der Waals surface area contributed by atoms with Crippen molar-refractivity contribution in [3.8, 4) is 6.07 Å². The number of carbonyl (C=O) groups is 2. The summed E-state index contributed by atoms with van der Waals surface area (Å²) in [6, 6.07) is 1.43. The summed E-state index contributed by atoms with van der Waals surface area (Å²) in [6.07, 6.45) is 3.95. The van der Waals surface area contributed by atoms with Crippen molar-refractivity contribution in [3.05, 3.63) is 0 Å². The van der Waals surface area contributed by atoms with Crippen LogP contribution in [0.4, 0.5) is 0 Å². The van der Waals surface area contributed by atoms with Gasteiger partial charge in [-0.05, 0) is 18.8 Å². The first-order chi connectivity index (χ1) is 8.43. The number of primary amides is 1. The van der Waals surface area contributed by atoms with Crippen molar-refractivity contribution in [1.29, 1.82) is 5.26 Å². The molecule has 2 amide bonds. The number of carbonyl (C=O) groups excluding carboxylic acids is 2. The molecule has 5 nitrogen and oxygen atoms in total. The second kappa shape index (κ2) is 5.85. The van der Waals surface area contributed by atoms with Gasteiger partial charge in [-0.2, -0.15) is 5.26 Å². The van der Waals surface area contributed by atoms with E-state index in [2.05, 4.69) is 11.4 Å². The first-order valence-electron chi connectivity index (χ1n) is 6.44. The Bertz CT molecular complexity index is 365. The SMILES string of the molecule is CC(C)C(NC(=O)C1(C#N)CCCCC1)C(N)=O. The lowest BCUT2D eigenvalue weighted by Crippen LogP contribution is -2.52. The van der Waals surface area contributed by atoms with E-state index >= 15 is 0 Å². The van der Waals surface area contributed by atoms with E-state index < -0.39 is 17.4 Å². The number of hydrogen-bond donors (Lipinski definition) is 2. The van der Waals surface area contributed by atoms with Crippen molar-refractivity contribution in [1.82, 2.24) is 5.32 Å². The molecule has 0 bridgehead atoms. The van der Waals surface area contributed by atoms with Crippen LogP contribution in [0.15, 0.2) is 0 Å². The van der Waals surface area contributed by atoms with Crippen LogP contribution in [-0.4, -0.2) is 17.9 Å². The van der Waals surface area contributed by atoms with Crippen molar-refractivity contribution in [2.24, 2.45) is 17.1 Å². The molecular weight excluding hydrogens is 230 g/mol. The molecule has 1 unspecified atom stereocenters. The van der Waals surface area contributed by atoms with Gasteiger partial charge >= 0.3 is 0 Å². The minimum atomic E-state index is -0.971. The van der Waals surface area contributed by atoms with Gasteiger partial charge in [-0.25, -0.2) is 0 Å². The molecule has 0 radical (unpaired) electrons. The lowest BCUT2D eigenvalue weighted by molar-refractivity contribution is -0.134. The van der Waals surface area contributed by atoms with Crippen molar-refractivity contribution in [3.63, 3.8) is 0 Å². The molecule has 1 aliphatic carbocycles. The van der Waals surface area contributed by atoms with E-state index in [1.165, 1.54) is 0 Å². The van der Waals surface area contributed by atoms with E-state index in [4.69, 9.17) is 5.73 Å². The first-order valence-corrected chi connectivity index (χ1v) is 6.44. The smallest absolute Gasteiger partial charge is 0.241 e. The third kappa shape index (κ3) is 3.00. The van der Waals surface area contributed by atoms with Gasteiger partial charge in [-0.15, -0.1) is 0 Å². The van der Waals surface area contributed by atoms with Gasteiger partial charge in [0.15, 0.2) is 0 Å². The Morgan fingerprint density at radius 3 is 2.22 bits per heavy atom. The zero-order valence-corrected chi connectivity index (χ0v) is 11.0. The van der Waals surface area contributed by atoms with Gasteiger partial charge in [0.05, 0.1) is 6.07 Å². The standard InChI is InChI=1S/C13H21N3O2/c1-9(2)10(11(15)17)16-12(18)13(8-14)6-4-3-5-7-13/h9-10H,3-7H2,1-2H3,(H2,15,17)(H,16,18). The van der Waals surface area contributed by atoms with Gasteiger partial charge in [0.2, 0.25) is 11.8 Å². The van der Waals surface area contributed by atoms with Crippen LogP contribution >= 0.6 is 0 Å². The summed E-state index contributed by atoms with van der Waals surface area (Å²) < 4.78 is 0. The zero-order valence-electron chi connectivity index (χ0n) is 11.0. The van der Waals surface area contributed by atoms with E-state index in [9.17, 15) is 14.9 Å². The second-order valence-corrected chi connectivity index (χ2v) is 5.35. The predicted octanol–water partition coefficient (Wildman–Crippen LogP) is 1.09. The maximum absolute atomic E-state index is 12.2. The molecule has 0 aliphatic heterocycles. The topological polar surface area (TPSA) is 96.0 Å². The molecule has 18 heavy (non-hydrogen) atoms. The maximum Gasteiger partial charge on any atom is 0.241 e. The van der Waals surface area contributed by atoms with Crippen LogP contribution < -0.4 is 11.1 Å². The summed E-state index contributed by atoms with van der Waals surface area (Å²) >= 11 is 0. The van der Waals surface area contributed by atoms with Crippen molar-refractivity contribution < 1.29 is 9.59 Å². The molecule has 0 spiro atoms. The lowest BCUT2D eigenvalue weighted by Gasteiger charge is -2.31. The Balaban J connectivity index is 2.79. The molecule has 0 saturated heterocycles. The van der Waals surface area contributed by atoms with Crippen molar-refractivity contribution in [2.75, 3.05) is 0 Å². The number of nitrogens with two attached hydrogens (primary N) is 1. The third-order valence-corrected chi connectivity index (χ3v) is 3.62. The van der Waals surface area contributed by atoms with Crippen LogP contribution in [-0.2, 0) is 9.59 Å². The molecule has 0 aromatic heterocycles. The largest absolute Gasteiger partial charge is 0.368 e. The zero-order chi connectivity index (χ0) is 13.8. The minimum Gasteiger partial charge on any atom is -0.368 e. The first kappa shape index (κ1) is 14.5. The maximum atomic E-state index is 12.2. The van der Waals surface area contributed by atoms with Crippen LogP contribution in [0.1, 0.15) is 46.0 Å². The Hall–Kier alpha value is -1.57. The van der Waals surface area contributed by atoms with Gasteiger partial charge < -0.3 is 11.1 Å². The molecule has 1 aliphatic rings. The van der Waals surface area contributed by atoms with Crippen LogP contribution in [0.5, 0.6) is 0 Å². The number of nitrogens with zero attached hydrogens (tertiary/aromatic N) is 1. The van der Waals surface area contributed by atoms with Gasteiger partial charge in [0, 0.05) is 0 Å². The highest BCUT2D eigenvalue weighted by Crippen LogP contribution is 2.36. The fourth-order valence-electron chi connectivity index (χ4n) is 2.39. The van der Waals surface area contributed by atoms with Gasteiger partial charge in [0.1, 0.15) is 11.5 Å². The number of nitrogens with one attached hydrogen (secondary N) is 1. The quantitative estimate of drug-likeness (QED) is 0.782. The molecule has 3 N–H and O–H groups in total. The minimum absolute atomic E-state index is 0.0780. The summed E-state index contributed by atoms with van der Waals surface area (Å²) in [5, 5.41) is 11.9. The summed E-state index contributed by atoms with van der Waals surface area (Å²) in [6.45, 7) is 3.63. The monoisotopic (exact) mass is 251 g/mol. The van der Waals surface area contributed by atoms with Crippen LogP contribution in [0, 0.1) is 22.7 Å². The molecular formula is C13H21N3O2. The Morgan fingerprint density at radius 2 is 1.83 bits per heavy atom. The van der Waals surface area contributed by atoms with E-state index in [0.717, 1.165) is 19.3 Å². The molecule has 0 aromatic carbocycles. The third-order valence-electron chi connectivity index (χ3n) is 3.62. The Kier molecular flexibility index (Phi) is 4.71. The molecule has 0 heterocycles. The Morgan fingerprint density at radius 1 is 1.28 bits per heavy atom. The molecule has 1 atom stereocenters. The highest BCUT2D eigenvalue weighted by molar-refractivity contribution is 5.91. The molecule has 1 rings (SSSR count). The normalized spacial score (nSPS) is 19.9. The second-order valence-electron chi connectivity index (χ2n) is 5.35. The van der Waals surface area contributed by atoms with Crippen LogP contribution in [0.2, 0.25) is 0 Å². The molecule has 1 saturated carbocycles. The average molecular weight is 251 g/mol. The molecule has 100 valence electrons. The number of hydrogen-bond acceptors (Lipinski definition) is 3. The summed E-state index contributed by atoms with van der Waals surface area (Å²) in [7, 11) is 0. The van der Waals surface area contributed by atoms with Crippen molar-refractivity contribution in [2.45, 2.75) is 52.0 Å². The molecule has 0 aromatic rings. The average Bonchev–Trinajstić information content (AvgIpc) is 2.35.